The van der Waals surface area contributed by atoms with Crippen molar-refractivity contribution >= 4 is 28.5 Å². The number of nitrogens with one attached hydrogen (secondary N) is 1. The Bertz CT molecular complexity index is 529. The SMILES string of the molecule is COC(=O)c1nc(NC(=O)OC(C)(C)C)sc1C1CC1. The van der Waals surface area contributed by atoms with Crippen LogP contribution in [0.4, 0.5) is 9.93 Å². The van der Waals surface area contributed by atoms with Crippen LogP contribution in [-0.4, -0.2) is 29.8 Å². The van der Waals surface area contributed by atoms with Crippen LogP contribution in [0.25, 0.3) is 0 Å². The highest BCUT2D eigenvalue weighted by Crippen LogP contribution is 2.45. The topological polar surface area (TPSA) is 77.5 Å². The van der Waals surface area contributed by atoms with Gasteiger partial charge in [0.25, 0.3) is 0 Å². The number of aromatic nitrogens is 1. The molecule has 0 radical (unpaired) electrons. The predicted octanol–water partition coefficient (Wildman–Crippen LogP) is 3.15. The van der Waals surface area contributed by atoms with Gasteiger partial charge < -0.3 is 9.47 Å². The molecule has 0 atom stereocenters. The molecule has 6 nitrogen and oxygen atoms in total. The maximum atomic E-state index is 11.7. The van der Waals surface area contributed by atoms with E-state index in [1.807, 2.05) is 0 Å². The molecule has 1 heterocycles. The van der Waals surface area contributed by atoms with Crippen molar-refractivity contribution in [3.63, 3.8) is 0 Å². The first-order valence-corrected chi connectivity index (χ1v) is 7.21. The van der Waals surface area contributed by atoms with E-state index in [2.05, 4.69) is 10.3 Å². The number of thiazole rings is 1. The lowest BCUT2D eigenvalue weighted by Gasteiger charge is -2.18. The lowest BCUT2D eigenvalue weighted by Crippen LogP contribution is -2.27. The smallest absolute Gasteiger partial charge is 0.413 e. The summed E-state index contributed by atoms with van der Waals surface area (Å²) in [6.45, 7) is 5.35. The third-order valence-corrected chi connectivity index (χ3v) is 3.72. The summed E-state index contributed by atoms with van der Waals surface area (Å²) in [5.74, 6) is -0.115. The van der Waals surface area contributed by atoms with E-state index in [1.165, 1.54) is 18.4 Å². The molecule has 0 aromatic carbocycles. The second-order valence-corrected chi connectivity index (χ2v) is 6.66. The number of esters is 1. The lowest BCUT2D eigenvalue weighted by molar-refractivity contribution is 0.0589. The van der Waals surface area contributed by atoms with Gasteiger partial charge in [0.05, 0.1) is 7.11 Å². The highest BCUT2D eigenvalue weighted by molar-refractivity contribution is 7.16. The van der Waals surface area contributed by atoms with Crippen molar-refractivity contribution in [2.45, 2.75) is 45.1 Å². The maximum absolute atomic E-state index is 11.7. The molecule has 0 aliphatic heterocycles. The van der Waals surface area contributed by atoms with Crippen LogP contribution in [0, 0.1) is 0 Å². The van der Waals surface area contributed by atoms with Crippen LogP contribution < -0.4 is 5.32 Å². The number of hydrogen-bond donors (Lipinski definition) is 1. The van der Waals surface area contributed by atoms with E-state index >= 15 is 0 Å². The Morgan fingerprint density at radius 3 is 2.50 bits per heavy atom. The highest BCUT2D eigenvalue weighted by atomic mass is 32.1. The van der Waals surface area contributed by atoms with E-state index in [1.54, 1.807) is 20.8 Å². The zero-order chi connectivity index (χ0) is 14.9. The van der Waals surface area contributed by atoms with Crippen molar-refractivity contribution in [2.24, 2.45) is 0 Å². The minimum Gasteiger partial charge on any atom is -0.464 e. The van der Waals surface area contributed by atoms with Crippen LogP contribution in [0.1, 0.15) is 54.9 Å². The van der Waals surface area contributed by atoms with Crippen molar-refractivity contribution in [3.8, 4) is 0 Å². The molecule has 0 bridgehead atoms. The molecule has 1 amide bonds. The molecule has 1 aliphatic carbocycles. The fourth-order valence-electron chi connectivity index (χ4n) is 1.64. The molecule has 1 aliphatic rings. The van der Waals surface area contributed by atoms with Crippen molar-refractivity contribution in [1.82, 2.24) is 4.98 Å². The molecule has 1 aromatic heterocycles. The predicted molar refractivity (Wildman–Crippen MR) is 75.3 cm³/mol. The summed E-state index contributed by atoms with van der Waals surface area (Å²) in [6.07, 6.45) is 1.50. The van der Waals surface area contributed by atoms with Crippen LogP contribution >= 0.6 is 11.3 Å². The molecule has 20 heavy (non-hydrogen) atoms. The van der Waals surface area contributed by atoms with Gasteiger partial charge in [0.15, 0.2) is 10.8 Å². The molecule has 0 spiro atoms. The van der Waals surface area contributed by atoms with Crippen molar-refractivity contribution in [1.29, 1.82) is 0 Å². The van der Waals surface area contributed by atoms with Crippen LogP contribution in [0.2, 0.25) is 0 Å². The number of carbonyl (C=O) groups is 2. The van der Waals surface area contributed by atoms with E-state index in [9.17, 15) is 9.59 Å². The van der Waals surface area contributed by atoms with Gasteiger partial charge in [-0.1, -0.05) is 0 Å². The second-order valence-electron chi connectivity index (χ2n) is 5.62. The monoisotopic (exact) mass is 298 g/mol. The van der Waals surface area contributed by atoms with E-state index in [0.29, 0.717) is 16.7 Å². The van der Waals surface area contributed by atoms with Crippen LogP contribution in [-0.2, 0) is 9.47 Å². The summed E-state index contributed by atoms with van der Waals surface area (Å²) in [5, 5.41) is 2.92. The fraction of sp³-hybridized carbons (Fsp3) is 0.615. The van der Waals surface area contributed by atoms with E-state index in [4.69, 9.17) is 9.47 Å². The number of amides is 1. The van der Waals surface area contributed by atoms with Gasteiger partial charge in [0, 0.05) is 4.88 Å². The molecule has 0 unspecified atom stereocenters. The Labute approximate surface area is 121 Å². The van der Waals surface area contributed by atoms with Gasteiger partial charge in [0.2, 0.25) is 0 Å². The Balaban J connectivity index is 2.13. The van der Waals surface area contributed by atoms with E-state index in [0.717, 1.165) is 17.7 Å². The number of hydrogen-bond acceptors (Lipinski definition) is 6. The van der Waals surface area contributed by atoms with Gasteiger partial charge in [-0.3, -0.25) is 5.32 Å². The minimum absolute atomic E-state index is 0.297. The third kappa shape index (κ3) is 3.69. The number of methoxy groups -OCH3 is 1. The Hall–Kier alpha value is -1.63. The fourth-order valence-corrected chi connectivity index (χ4v) is 2.75. The maximum Gasteiger partial charge on any atom is 0.413 e. The first-order chi connectivity index (χ1) is 9.30. The van der Waals surface area contributed by atoms with Crippen LogP contribution in [0.3, 0.4) is 0 Å². The molecule has 2 rings (SSSR count). The number of ether oxygens (including phenoxy) is 2. The minimum atomic E-state index is -0.579. The van der Waals surface area contributed by atoms with Gasteiger partial charge in [-0.05, 0) is 39.5 Å². The summed E-state index contributed by atoms with van der Waals surface area (Å²) >= 11 is 1.30. The number of carbonyl (C=O) groups excluding carboxylic acids is 2. The number of nitrogens with zero attached hydrogens (tertiary/aromatic N) is 1. The van der Waals surface area contributed by atoms with Gasteiger partial charge in [-0.15, -0.1) is 11.3 Å². The van der Waals surface area contributed by atoms with Crippen LogP contribution in [0.15, 0.2) is 0 Å². The first kappa shape index (κ1) is 14.8. The highest BCUT2D eigenvalue weighted by Gasteiger charge is 2.32. The molecule has 1 fully saturated rings. The van der Waals surface area contributed by atoms with Gasteiger partial charge in [-0.25, -0.2) is 14.6 Å². The summed E-state index contributed by atoms with van der Waals surface area (Å²) < 4.78 is 9.87. The molecule has 0 saturated heterocycles. The average Bonchev–Trinajstić information content (AvgIpc) is 3.08. The van der Waals surface area contributed by atoms with Gasteiger partial charge >= 0.3 is 12.1 Å². The van der Waals surface area contributed by atoms with E-state index < -0.39 is 17.7 Å². The Morgan fingerprint density at radius 1 is 1.35 bits per heavy atom. The lowest BCUT2D eigenvalue weighted by atomic mass is 10.2. The zero-order valence-corrected chi connectivity index (χ0v) is 12.8. The summed E-state index contributed by atoms with van der Waals surface area (Å²) in [6, 6.07) is 0. The molecule has 1 aromatic rings. The summed E-state index contributed by atoms with van der Waals surface area (Å²) in [7, 11) is 1.32. The van der Waals surface area contributed by atoms with Crippen LogP contribution in [0.5, 0.6) is 0 Å². The Kier molecular flexibility index (Phi) is 3.99. The average molecular weight is 298 g/mol. The van der Waals surface area contributed by atoms with Crippen molar-refractivity contribution in [3.05, 3.63) is 10.6 Å². The standard InChI is InChI=1S/C13H18N2O4S/c1-13(2,3)19-12(17)15-11-14-8(10(16)18-4)9(20-11)7-5-6-7/h7H,5-6H2,1-4H3,(H,14,15,17). The van der Waals surface area contributed by atoms with Crippen molar-refractivity contribution in [2.75, 3.05) is 12.4 Å². The third-order valence-electron chi connectivity index (χ3n) is 2.59. The summed E-state index contributed by atoms with van der Waals surface area (Å²) in [5.41, 5.74) is -0.280. The van der Waals surface area contributed by atoms with Gasteiger partial charge in [0.1, 0.15) is 5.60 Å². The zero-order valence-electron chi connectivity index (χ0n) is 12.0. The normalized spacial score (nSPS) is 14.8. The van der Waals surface area contributed by atoms with Crippen molar-refractivity contribution < 1.29 is 19.1 Å². The molecule has 7 heteroatoms. The largest absolute Gasteiger partial charge is 0.464 e. The van der Waals surface area contributed by atoms with E-state index in [-0.39, 0.29) is 0 Å². The Morgan fingerprint density at radius 2 is 2.00 bits per heavy atom. The molecule has 110 valence electrons. The second kappa shape index (κ2) is 5.40. The van der Waals surface area contributed by atoms with Gasteiger partial charge in [-0.2, -0.15) is 0 Å². The summed E-state index contributed by atoms with van der Waals surface area (Å²) in [4.78, 5) is 28.4. The number of anilines is 1. The molecule has 1 N–H and O–H groups in total. The molecular weight excluding hydrogens is 280 g/mol. The first-order valence-electron chi connectivity index (χ1n) is 6.39. The molecule has 1 saturated carbocycles. The molecular formula is C13H18N2O4S. The number of rotatable bonds is 3. The quantitative estimate of drug-likeness (QED) is 0.867.